The number of nitrogens with one attached hydrogen (secondary N) is 1. The van der Waals surface area contributed by atoms with E-state index < -0.39 is 0 Å². The van der Waals surface area contributed by atoms with Crippen molar-refractivity contribution in [3.63, 3.8) is 0 Å². The van der Waals surface area contributed by atoms with Crippen molar-refractivity contribution in [2.75, 3.05) is 19.4 Å². The van der Waals surface area contributed by atoms with Gasteiger partial charge in [0.25, 0.3) is 0 Å². The summed E-state index contributed by atoms with van der Waals surface area (Å²) in [6, 6.07) is 0. The minimum Gasteiger partial charge on any atom is -0.394 e. The van der Waals surface area contributed by atoms with Crippen molar-refractivity contribution >= 4 is 34.9 Å². The van der Waals surface area contributed by atoms with E-state index in [0.29, 0.717) is 5.25 Å². The third kappa shape index (κ3) is 4.07. The fourth-order valence-corrected chi connectivity index (χ4v) is 5.67. The molecule has 1 heterocycles. The third-order valence-electron chi connectivity index (χ3n) is 3.48. The normalized spacial score (nSPS) is 27.6. The fourth-order valence-electron chi connectivity index (χ4n) is 2.61. The number of nitrogens with zero attached hydrogens (tertiary/aromatic N) is 2. The van der Waals surface area contributed by atoms with Crippen LogP contribution in [-0.4, -0.2) is 45.5 Å². The van der Waals surface area contributed by atoms with Crippen LogP contribution in [0.2, 0.25) is 0 Å². The van der Waals surface area contributed by atoms with E-state index in [1.807, 2.05) is 18.0 Å². The molecule has 0 radical (unpaired) electrons. The lowest BCUT2D eigenvalue weighted by Gasteiger charge is -2.39. The molecule has 2 N–H and O–H groups in total. The van der Waals surface area contributed by atoms with Crippen molar-refractivity contribution in [2.24, 2.45) is 0 Å². The smallest absolute Gasteiger partial charge is 0.175 e. The Balaban J connectivity index is 1.96. The van der Waals surface area contributed by atoms with Crippen LogP contribution < -0.4 is 5.32 Å². The second-order valence-corrected chi connectivity index (χ2v) is 8.42. The first-order valence-electron chi connectivity index (χ1n) is 6.61. The Hall–Kier alpha value is 0.180. The van der Waals surface area contributed by atoms with Crippen molar-refractivity contribution in [2.45, 2.75) is 52.1 Å². The molecule has 1 aromatic rings. The lowest BCUT2D eigenvalue weighted by atomic mass is 9.82. The minimum atomic E-state index is -0.0856. The number of hydrogen-bond acceptors (Lipinski definition) is 7. The van der Waals surface area contributed by atoms with E-state index in [4.69, 9.17) is 0 Å². The standard InChI is InChI=1S/C12H21N3OS3/c1-3-13-12(8-16)6-4-5-9(7-12)18-11-15-14-10(17-2)19-11/h9,13,16H,3-8H2,1-2H3. The zero-order valence-corrected chi connectivity index (χ0v) is 13.8. The van der Waals surface area contributed by atoms with Crippen LogP contribution >= 0.6 is 34.9 Å². The molecule has 0 aromatic carbocycles. The van der Waals surface area contributed by atoms with E-state index in [2.05, 4.69) is 22.4 Å². The van der Waals surface area contributed by atoms with Gasteiger partial charge >= 0.3 is 0 Å². The zero-order chi connectivity index (χ0) is 13.7. The summed E-state index contributed by atoms with van der Waals surface area (Å²) in [5, 5.41) is 22.1. The minimum absolute atomic E-state index is 0.0856. The van der Waals surface area contributed by atoms with Gasteiger partial charge in [0.2, 0.25) is 0 Å². The van der Waals surface area contributed by atoms with Gasteiger partial charge in [-0.05, 0) is 32.1 Å². The van der Waals surface area contributed by atoms with E-state index in [1.54, 1.807) is 23.1 Å². The molecule has 0 bridgehead atoms. The number of aromatic nitrogens is 2. The Morgan fingerprint density at radius 3 is 2.89 bits per heavy atom. The van der Waals surface area contributed by atoms with Gasteiger partial charge in [-0.3, -0.25) is 0 Å². The molecule has 1 fully saturated rings. The molecule has 1 aliphatic carbocycles. The molecule has 2 unspecified atom stereocenters. The molecular formula is C12H21N3OS3. The first-order chi connectivity index (χ1) is 9.21. The summed E-state index contributed by atoms with van der Waals surface area (Å²) in [5.41, 5.74) is -0.0856. The average molecular weight is 320 g/mol. The monoisotopic (exact) mass is 319 g/mol. The van der Waals surface area contributed by atoms with Gasteiger partial charge in [-0.15, -0.1) is 10.2 Å². The Morgan fingerprint density at radius 2 is 2.26 bits per heavy atom. The second kappa shape index (κ2) is 7.26. The van der Waals surface area contributed by atoms with Gasteiger partial charge in [-0.2, -0.15) is 0 Å². The number of likely N-dealkylation sites (N-methyl/N-ethyl adjacent to an activating group) is 1. The lowest BCUT2D eigenvalue weighted by molar-refractivity contribution is 0.125. The maximum atomic E-state index is 9.70. The van der Waals surface area contributed by atoms with Gasteiger partial charge in [-0.1, -0.05) is 48.2 Å². The summed E-state index contributed by atoms with van der Waals surface area (Å²) in [5.74, 6) is 0. The van der Waals surface area contributed by atoms with Gasteiger partial charge < -0.3 is 10.4 Å². The predicted molar refractivity (Wildman–Crippen MR) is 83.3 cm³/mol. The van der Waals surface area contributed by atoms with Gasteiger partial charge in [-0.25, -0.2) is 0 Å². The topological polar surface area (TPSA) is 58.0 Å². The van der Waals surface area contributed by atoms with Crippen LogP contribution in [0.5, 0.6) is 0 Å². The summed E-state index contributed by atoms with van der Waals surface area (Å²) in [6.07, 6.45) is 6.47. The van der Waals surface area contributed by atoms with Gasteiger partial charge in [0.15, 0.2) is 8.68 Å². The maximum Gasteiger partial charge on any atom is 0.175 e. The highest BCUT2D eigenvalue weighted by Gasteiger charge is 2.35. The fraction of sp³-hybridized carbons (Fsp3) is 0.833. The van der Waals surface area contributed by atoms with E-state index >= 15 is 0 Å². The van der Waals surface area contributed by atoms with Crippen LogP contribution in [0, 0.1) is 0 Å². The quantitative estimate of drug-likeness (QED) is 0.786. The molecule has 4 nitrogen and oxygen atoms in total. The number of rotatable bonds is 6. The molecule has 1 aliphatic rings. The molecule has 0 saturated heterocycles. The zero-order valence-electron chi connectivity index (χ0n) is 11.4. The summed E-state index contributed by atoms with van der Waals surface area (Å²) in [6.45, 7) is 3.24. The predicted octanol–water partition coefficient (Wildman–Crippen LogP) is 2.64. The van der Waals surface area contributed by atoms with Crippen LogP contribution in [0.3, 0.4) is 0 Å². The Bertz CT molecular complexity index is 397. The van der Waals surface area contributed by atoms with Crippen molar-refractivity contribution in [1.29, 1.82) is 0 Å². The molecule has 0 amide bonds. The summed E-state index contributed by atoms with van der Waals surface area (Å²) in [4.78, 5) is 0. The SMILES string of the molecule is CCNC1(CO)CCCC(Sc2nnc(SC)s2)C1. The molecule has 7 heteroatoms. The van der Waals surface area contributed by atoms with E-state index in [1.165, 1.54) is 12.8 Å². The molecule has 2 atom stereocenters. The highest BCUT2D eigenvalue weighted by molar-refractivity contribution is 8.03. The summed E-state index contributed by atoms with van der Waals surface area (Å²) in [7, 11) is 0. The first-order valence-corrected chi connectivity index (χ1v) is 9.53. The summed E-state index contributed by atoms with van der Waals surface area (Å²) < 4.78 is 2.08. The molecule has 108 valence electrons. The Labute approximate surface area is 127 Å². The molecule has 2 rings (SSSR count). The summed E-state index contributed by atoms with van der Waals surface area (Å²) >= 11 is 5.14. The maximum absolute atomic E-state index is 9.70. The highest BCUT2D eigenvalue weighted by atomic mass is 32.2. The largest absolute Gasteiger partial charge is 0.394 e. The van der Waals surface area contributed by atoms with Gasteiger partial charge in [0.1, 0.15) is 0 Å². The van der Waals surface area contributed by atoms with Crippen LogP contribution in [0.1, 0.15) is 32.6 Å². The highest BCUT2D eigenvalue weighted by Crippen LogP contribution is 2.39. The third-order valence-corrected chi connectivity index (χ3v) is 6.74. The molecule has 0 spiro atoms. The lowest BCUT2D eigenvalue weighted by Crippen LogP contribution is -2.52. The molecule has 19 heavy (non-hydrogen) atoms. The number of aliphatic hydroxyl groups excluding tert-OH is 1. The Morgan fingerprint density at radius 1 is 1.47 bits per heavy atom. The van der Waals surface area contributed by atoms with Crippen molar-refractivity contribution in [3.05, 3.63) is 0 Å². The number of aliphatic hydroxyl groups is 1. The number of thioether (sulfide) groups is 2. The van der Waals surface area contributed by atoms with Crippen LogP contribution in [0.15, 0.2) is 8.68 Å². The molecule has 0 aliphatic heterocycles. The van der Waals surface area contributed by atoms with E-state index in [9.17, 15) is 5.11 Å². The van der Waals surface area contributed by atoms with Crippen molar-refractivity contribution in [3.8, 4) is 0 Å². The molecule has 1 saturated carbocycles. The Kier molecular flexibility index (Phi) is 5.95. The van der Waals surface area contributed by atoms with E-state index in [-0.39, 0.29) is 12.1 Å². The van der Waals surface area contributed by atoms with E-state index in [0.717, 1.165) is 28.1 Å². The van der Waals surface area contributed by atoms with Crippen LogP contribution in [0.25, 0.3) is 0 Å². The molecule has 1 aromatic heterocycles. The van der Waals surface area contributed by atoms with Crippen LogP contribution in [0.4, 0.5) is 0 Å². The van der Waals surface area contributed by atoms with Crippen LogP contribution in [-0.2, 0) is 0 Å². The van der Waals surface area contributed by atoms with Crippen molar-refractivity contribution in [1.82, 2.24) is 15.5 Å². The number of hydrogen-bond donors (Lipinski definition) is 2. The van der Waals surface area contributed by atoms with Gasteiger partial charge in [0, 0.05) is 10.8 Å². The first kappa shape index (κ1) is 15.6. The second-order valence-electron chi connectivity index (χ2n) is 4.84. The van der Waals surface area contributed by atoms with Crippen molar-refractivity contribution < 1.29 is 5.11 Å². The molecular weight excluding hydrogens is 298 g/mol. The van der Waals surface area contributed by atoms with Gasteiger partial charge in [0.05, 0.1) is 6.61 Å². The average Bonchev–Trinajstić information content (AvgIpc) is 2.87.